The van der Waals surface area contributed by atoms with Crippen molar-refractivity contribution in [2.75, 3.05) is 0 Å². The minimum atomic E-state index is -0.469. The van der Waals surface area contributed by atoms with Gasteiger partial charge in [0.05, 0.1) is 17.1 Å². The molecule has 6 heteroatoms. The number of aromatic nitrogens is 2. The van der Waals surface area contributed by atoms with Crippen LogP contribution < -0.4 is 4.74 Å². The monoisotopic (exact) mass is 197 g/mol. The SMILES string of the molecule is CC1CC(C)n2ncc([N+](=O)[O-])c2O1. The Morgan fingerprint density at radius 1 is 1.71 bits per heavy atom. The van der Waals surface area contributed by atoms with Gasteiger partial charge in [-0.3, -0.25) is 10.1 Å². The lowest BCUT2D eigenvalue weighted by Gasteiger charge is -2.25. The van der Waals surface area contributed by atoms with Gasteiger partial charge in [-0.25, -0.2) is 4.68 Å². The Bertz CT molecular complexity index is 374. The van der Waals surface area contributed by atoms with Gasteiger partial charge in [0, 0.05) is 6.42 Å². The lowest BCUT2D eigenvalue weighted by atomic mass is 10.1. The maximum atomic E-state index is 10.6. The highest BCUT2D eigenvalue weighted by Gasteiger charge is 2.31. The predicted molar refractivity (Wildman–Crippen MR) is 48.3 cm³/mol. The van der Waals surface area contributed by atoms with Gasteiger partial charge >= 0.3 is 5.69 Å². The fourth-order valence-corrected chi connectivity index (χ4v) is 1.71. The van der Waals surface area contributed by atoms with Crippen LogP contribution in [0.2, 0.25) is 0 Å². The second kappa shape index (κ2) is 2.97. The highest BCUT2D eigenvalue weighted by atomic mass is 16.6. The lowest BCUT2D eigenvalue weighted by Crippen LogP contribution is -2.26. The number of nitro groups is 1. The first-order valence-corrected chi connectivity index (χ1v) is 4.48. The van der Waals surface area contributed by atoms with Gasteiger partial charge in [-0.15, -0.1) is 0 Å². The number of hydrogen-bond acceptors (Lipinski definition) is 4. The van der Waals surface area contributed by atoms with Gasteiger partial charge < -0.3 is 4.74 Å². The summed E-state index contributed by atoms with van der Waals surface area (Å²) in [6, 6.07) is 0.155. The average molecular weight is 197 g/mol. The van der Waals surface area contributed by atoms with Crippen molar-refractivity contribution in [1.82, 2.24) is 9.78 Å². The summed E-state index contributed by atoms with van der Waals surface area (Å²) >= 11 is 0. The Morgan fingerprint density at radius 3 is 3.07 bits per heavy atom. The van der Waals surface area contributed by atoms with Crippen LogP contribution in [0.3, 0.4) is 0 Å². The summed E-state index contributed by atoms with van der Waals surface area (Å²) in [6.07, 6.45) is 2.07. The van der Waals surface area contributed by atoms with E-state index in [1.54, 1.807) is 4.68 Å². The molecule has 14 heavy (non-hydrogen) atoms. The van der Waals surface area contributed by atoms with Crippen molar-refractivity contribution in [3.63, 3.8) is 0 Å². The van der Waals surface area contributed by atoms with E-state index in [9.17, 15) is 10.1 Å². The molecule has 76 valence electrons. The zero-order valence-corrected chi connectivity index (χ0v) is 8.01. The molecule has 0 amide bonds. The zero-order valence-electron chi connectivity index (χ0n) is 8.01. The van der Waals surface area contributed by atoms with Crippen molar-refractivity contribution in [2.24, 2.45) is 0 Å². The largest absolute Gasteiger partial charge is 0.470 e. The fraction of sp³-hybridized carbons (Fsp3) is 0.625. The summed E-state index contributed by atoms with van der Waals surface area (Å²) in [7, 11) is 0. The summed E-state index contributed by atoms with van der Waals surface area (Å²) in [5.74, 6) is 0.279. The van der Waals surface area contributed by atoms with E-state index in [2.05, 4.69) is 5.10 Å². The van der Waals surface area contributed by atoms with Crippen LogP contribution in [0, 0.1) is 10.1 Å². The average Bonchev–Trinajstić information content (AvgIpc) is 2.47. The summed E-state index contributed by atoms with van der Waals surface area (Å²) < 4.78 is 6.96. The van der Waals surface area contributed by atoms with Crippen molar-refractivity contribution in [2.45, 2.75) is 32.4 Å². The summed E-state index contributed by atoms with van der Waals surface area (Å²) in [6.45, 7) is 3.87. The van der Waals surface area contributed by atoms with Crippen molar-refractivity contribution < 1.29 is 9.66 Å². The normalized spacial score (nSPS) is 25.3. The van der Waals surface area contributed by atoms with Crippen LogP contribution in [0.25, 0.3) is 0 Å². The van der Waals surface area contributed by atoms with Crippen LogP contribution in [-0.2, 0) is 0 Å². The van der Waals surface area contributed by atoms with E-state index in [0.717, 1.165) is 6.42 Å². The molecule has 2 heterocycles. The zero-order chi connectivity index (χ0) is 10.3. The molecular weight excluding hydrogens is 186 g/mol. The first-order valence-electron chi connectivity index (χ1n) is 4.48. The molecular formula is C8H11N3O3. The fourth-order valence-electron chi connectivity index (χ4n) is 1.71. The molecule has 0 N–H and O–H groups in total. The minimum absolute atomic E-state index is 0.00731. The molecule has 1 aromatic rings. The van der Waals surface area contributed by atoms with E-state index in [4.69, 9.17) is 4.74 Å². The van der Waals surface area contributed by atoms with E-state index < -0.39 is 4.92 Å². The van der Waals surface area contributed by atoms with Crippen molar-refractivity contribution in [3.8, 4) is 5.88 Å². The highest BCUT2D eigenvalue weighted by molar-refractivity contribution is 5.40. The van der Waals surface area contributed by atoms with Crippen LogP contribution in [-0.4, -0.2) is 20.8 Å². The molecule has 2 unspecified atom stereocenters. The lowest BCUT2D eigenvalue weighted by molar-refractivity contribution is -0.386. The second-order valence-electron chi connectivity index (χ2n) is 3.55. The van der Waals surface area contributed by atoms with Crippen LogP contribution >= 0.6 is 0 Å². The minimum Gasteiger partial charge on any atom is -0.470 e. The smallest absolute Gasteiger partial charge is 0.350 e. The molecule has 0 saturated carbocycles. The van der Waals surface area contributed by atoms with Gasteiger partial charge in [-0.1, -0.05) is 0 Å². The number of rotatable bonds is 1. The Hall–Kier alpha value is -1.59. The molecule has 6 nitrogen and oxygen atoms in total. The van der Waals surface area contributed by atoms with E-state index in [1.807, 2.05) is 13.8 Å². The predicted octanol–water partition coefficient (Wildman–Crippen LogP) is 1.52. The first kappa shape index (κ1) is 8.98. The molecule has 0 spiro atoms. The molecule has 2 atom stereocenters. The molecule has 0 fully saturated rings. The third-order valence-electron chi connectivity index (χ3n) is 2.33. The van der Waals surface area contributed by atoms with Gasteiger partial charge in [-0.2, -0.15) is 5.10 Å². The van der Waals surface area contributed by atoms with Crippen LogP contribution in [0.5, 0.6) is 5.88 Å². The molecule has 0 bridgehead atoms. The molecule has 0 aliphatic carbocycles. The maximum absolute atomic E-state index is 10.6. The number of ether oxygens (including phenoxy) is 1. The van der Waals surface area contributed by atoms with Gasteiger partial charge in [0.15, 0.2) is 0 Å². The van der Waals surface area contributed by atoms with E-state index in [1.165, 1.54) is 6.20 Å². The number of nitrogens with zero attached hydrogens (tertiary/aromatic N) is 3. The molecule has 0 radical (unpaired) electrons. The third kappa shape index (κ3) is 1.23. The molecule has 1 aliphatic rings. The van der Waals surface area contributed by atoms with Crippen molar-refractivity contribution in [1.29, 1.82) is 0 Å². The standard InChI is InChI=1S/C8H11N3O3/c1-5-3-6(2)14-8-7(11(12)13)4-9-10(5)8/h4-6H,3H2,1-2H3. The van der Waals surface area contributed by atoms with Gasteiger partial charge in [0.1, 0.15) is 6.20 Å². The molecule has 0 aromatic carbocycles. The Morgan fingerprint density at radius 2 is 2.43 bits per heavy atom. The molecule has 2 rings (SSSR count). The topological polar surface area (TPSA) is 70.2 Å². The maximum Gasteiger partial charge on any atom is 0.350 e. The Labute approximate surface area is 80.6 Å². The molecule has 1 aromatic heterocycles. The van der Waals surface area contributed by atoms with Crippen molar-refractivity contribution in [3.05, 3.63) is 16.3 Å². The number of hydrogen-bond donors (Lipinski definition) is 0. The summed E-state index contributed by atoms with van der Waals surface area (Å²) in [5.41, 5.74) is -0.0524. The van der Waals surface area contributed by atoms with Gasteiger partial charge in [-0.05, 0) is 13.8 Å². The van der Waals surface area contributed by atoms with E-state index in [-0.39, 0.29) is 23.7 Å². The van der Waals surface area contributed by atoms with E-state index >= 15 is 0 Å². The quantitative estimate of drug-likeness (QED) is 0.505. The summed E-state index contributed by atoms with van der Waals surface area (Å²) in [5, 5.41) is 14.6. The Balaban J connectivity index is 2.46. The van der Waals surface area contributed by atoms with Gasteiger partial charge in [0.2, 0.25) is 0 Å². The third-order valence-corrected chi connectivity index (χ3v) is 2.33. The first-order chi connectivity index (χ1) is 6.59. The van der Waals surface area contributed by atoms with Crippen LogP contribution in [0.4, 0.5) is 5.69 Å². The highest BCUT2D eigenvalue weighted by Crippen LogP contribution is 2.35. The van der Waals surface area contributed by atoms with Crippen LogP contribution in [0.1, 0.15) is 26.3 Å². The Kier molecular flexibility index (Phi) is 1.90. The van der Waals surface area contributed by atoms with Crippen molar-refractivity contribution >= 4 is 5.69 Å². The molecule has 0 saturated heterocycles. The molecule has 1 aliphatic heterocycles. The van der Waals surface area contributed by atoms with Gasteiger partial charge in [0.25, 0.3) is 5.88 Å². The summed E-state index contributed by atoms with van der Waals surface area (Å²) in [4.78, 5) is 10.2. The number of fused-ring (bicyclic) bond motifs is 1. The second-order valence-corrected chi connectivity index (χ2v) is 3.55. The van der Waals surface area contributed by atoms with E-state index in [0.29, 0.717) is 0 Å². The van der Waals surface area contributed by atoms with Crippen LogP contribution in [0.15, 0.2) is 6.20 Å².